The third kappa shape index (κ3) is 3.09. The molecule has 5 nitrogen and oxygen atoms in total. The number of anilines is 1. The first kappa shape index (κ1) is 14.4. The second-order valence-electron chi connectivity index (χ2n) is 3.77. The fourth-order valence-electron chi connectivity index (χ4n) is 1.56. The summed E-state index contributed by atoms with van der Waals surface area (Å²) in [7, 11) is 1.45. The quantitative estimate of drug-likeness (QED) is 0.907. The molecule has 0 radical (unpaired) electrons. The molecule has 0 saturated heterocycles. The number of carboxylic acid groups (broad SMARTS) is 1. The van der Waals surface area contributed by atoms with Crippen molar-refractivity contribution in [2.45, 2.75) is 0 Å². The van der Waals surface area contributed by atoms with Gasteiger partial charge in [0.1, 0.15) is 10.6 Å². The van der Waals surface area contributed by atoms with Gasteiger partial charge in [-0.1, -0.05) is 11.6 Å². The van der Waals surface area contributed by atoms with Crippen LogP contribution in [-0.4, -0.2) is 24.1 Å². The van der Waals surface area contributed by atoms with E-state index >= 15 is 0 Å². The van der Waals surface area contributed by atoms with Crippen LogP contribution in [0.1, 0.15) is 20.0 Å². The number of carbonyl (C=O) groups is 2. The third-order valence-corrected chi connectivity index (χ3v) is 3.68. The van der Waals surface area contributed by atoms with Crippen LogP contribution < -0.4 is 10.1 Å². The van der Waals surface area contributed by atoms with Gasteiger partial charge in [0.25, 0.3) is 5.91 Å². The van der Waals surface area contributed by atoms with Gasteiger partial charge in [-0.25, -0.2) is 4.79 Å². The van der Waals surface area contributed by atoms with E-state index in [4.69, 9.17) is 21.4 Å². The molecule has 2 aromatic rings. The van der Waals surface area contributed by atoms with Crippen molar-refractivity contribution in [3.63, 3.8) is 0 Å². The van der Waals surface area contributed by atoms with Crippen LogP contribution in [0.25, 0.3) is 0 Å². The molecule has 104 valence electrons. The first-order chi connectivity index (χ1) is 9.51. The molecule has 1 aromatic carbocycles. The number of benzene rings is 1. The maximum Gasteiger partial charge on any atom is 0.345 e. The summed E-state index contributed by atoms with van der Waals surface area (Å²) in [4.78, 5) is 23.1. The zero-order valence-electron chi connectivity index (χ0n) is 10.3. The van der Waals surface area contributed by atoms with Gasteiger partial charge < -0.3 is 15.2 Å². The molecule has 0 atom stereocenters. The summed E-state index contributed by atoms with van der Waals surface area (Å²) >= 11 is 6.83. The standard InChI is InChI=1S/C13H10ClNO4S/c1-19-9-3-2-7(14)6-8(9)12(16)15-11-5-4-10(20-11)13(17)18/h2-6H,1H3,(H,15,16)(H,17,18). The number of methoxy groups -OCH3 is 1. The summed E-state index contributed by atoms with van der Waals surface area (Å²) in [5, 5.41) is 12.3. The molecule has 2 N–H and O–H groups in total. The Hall–Kier alpha value is -2.05. The monoisotopic (exact) mass is 311 g/mol. The highest BCUT2D eigenvalue weighted by Crippen LogP contribution is 2.26. The van der Waals surface area contributed by atoms with Gasteiger partial charge in [0.15, 0.2) is 0 Å². The highest BCUT2D eigenvalue weighted by molar-refractivity contribution is 7.18. The number of halogens is 1. The van der Waals surface area contributed by atoms with Crippen molar-refractivity contribution in [2.24, 2.45) is 0 Å². The number of rotatable bonds is 4. The molecule has 1 amide bonds. The van der Waals surface area contributed by atoms with Gasteiger partial charge in [-0.3, -0.25) is 4.79 Å². The molecule has 0 aliphatic carbocycles. The Bertz CT molecular complexity index is 668. The van der Waals surface area contributed by atoms with Crippen molar-refractivity contribution >= 4 is 39.8 Å². The number of amides is 1. The molecule has 0 unspecified atom stereocenters. The fraction of sp³-hybridized carbons (Fsp3) is 0.0769. The Morgan fingerprint density at radius 2 is 2.05 bits per heavy atom. The number of nitrogens with one attached hydrogen (secondary N) is 1. The lowest BCUT2D eigenvalue weighted by atomic mass is 10.2. The molecular formula is C13H10ClNO4S. The van der Waals surface area contributed by atoms with Gasteiger partial charge in [0.05, 0.1) is 17.7 Å². The number of thiophene rings is 1. The summed E-state index contributed by atoms with van der Waals surface area (Å²) in [6.45, 7) is 0. The van der Waals surface area contributed by atoms with Gasteiger partial charge in [0, 0.05) is 5.02 Å². The molecule has 2 rings (SSSR count). The van der Waals surface area contributed by atoms with Crippen molar-refractivity contribution < 1.29 is 19.4 Å². The lowest BCUT2D eigenvalue weighted by molar-refractivity contribution is 0.0702. The largest absolute Gasteiger partial charge is 0.496 e. The smallest absolute Gasteiger partial charge is 0.345 e. The Morgan fingerprint density at radius 3 is 2.65 bits per heavy atom. The van der Waals surface area contributed by atoms with Crippen LogP contribution in [0.4, 0.5) is 5.00 Å². The summed E-state index contributed by atoms with van der Waals surface area (Å²) in [5.41, 5.74) is 0.283. The van der Waals surface area contributed by atoms with Crippen LogP contribution in [0.2, 0.25) is 5.02 Å². The maximum atomic E-state index is 12.1. The number of aromatic carboxylic acids is 1. The van der Waals surface area contributed by atoms with Gasteiger partial charge in [-0.05, 0) is 30.3 Å². The summed E-state index contributed by atoms with van der Waals surface area (Å²) in [5.74, 6) is -1.05. The van der Waals surface area contributed by atoms with Crippen LogP contribution in [0.5, 0.6) is 5.75 Å². The Balaban J connectivity index is 2.23. The molecule has 7 heteroatoms. The van der Waals surface area contributed by atoms with Crippen LogP contribution in [0.15, 0.2) is 30.3 Å². The van der Waals surface area contributed by atoms with E-state index in [1.54, 1.807) is 12.1 Å². The van der Waals surface area contributed by atoms with Crippen LogP contribution >= 0.6 is 22.9 Å². The number of hydrogen-bond donors (Lipinski definition) is 2. The lowest BCUT2D eigenvalue weighted by Gasteiger charge is -2.08. The lowest BCUT2D eigenvalue weighted by Crippen LogP contribution is -2.12. The van der Waals surface area contributed by atoms with Crippen molar-refractivity contribution in [2.75, 3.05) is 12.4 Å². The van der Waals surface area contributed by atoms with Crippen LogP contribution in [-0.2, 0) is 0 Å². The summed E-state index contributed by atoms with van der Waals surface area (Å²) in [6.07, 6.45) is 0. The van der Waals surface area contributed by atoms with Crippen LogP contribution in [0.3, 0.4) is 0 Å². The topological polar surface area (TPSA) is 75.6 Å². The molecule has 20 heavy (non-hydrogen) atoms. The van der Waals surface area contributed by atoms with E-state index in [0.717, 1.165) is 11.3 Å². The molecule has 0 fully saturated rings. The second-order valence-corrected chi connectivity index (χ2v) is 5.29. The molecule has 1 aromatic heterocycles. The maximum absolute atomic E-state index is 12.1. The molecule has 0 bridgehead atoms. The molecule has 1 heterocycles. The normalized spacial score (nSPS) is 10.1. The molecule has 0 saturated carbocycles. The highest BCUT2D eigenvalue weighted by atomic mass is 35.5. The van der Waals surface area contributed by atoms with Gasteiger partial charge in [-0.15, -0.1) is 11.3 Å². The predicted octanol–water partition coefficient (Wildman–Crippen LogP) is 3.36. The van der Waals surface area contributed by atoms with E-state index in [9.17, 15) is 9.59 Å². The summed E-state index contributed by atoms with van der Waals surface area (Å²) in [6, 6.07) is 7.65. The molecule has 0 aliphatic rings. The average molecular weight is 312 g/mol. The van der Waals surface area contributed by atoms with Crippen LogP contribution in [0, 0.1) is 0 Å². The predicted molar refractivity (Wildman–Crippen MR) is 77.2 cm³/mol. The minimum absolute atomic E-state index is 0.151. The SMILES string of the molecule is COc1ccc(Cl)cc1C(=O)Nc1ccc(C(=O)O)s1. The van der Waals surface area contributed by atoms with Gasteiger partial charge in [0.2, 0.25) is 0 Å². The summed E-state index contributed by atoms with van der Waals surface area (Å²) < 4.78 is 5.09. The first-order valence-electron chi connectivity index (χ1n) is 5.49. The van der Waals surface area contributed by atoms with E-state index in [2.05, 4.69) is 5.32 Å². The zero-order valence-corrected chi connectivity index (χ0v) is 11.9. The molecule has 0 aliphatic heterocycles. The van der Waals surface area contributed by atoms with Gasteiger partial charge in [-0.2, -0.15) is 0 Å². The Kier molecular flexibility index (Phi) is 4.26. The van der Waals surface area contributed by atoms with Gasteiger partial charge >= 0.3 is 5.97 Å². The average Bonchev–Trinajstić information content (AvgIpc) is 2.87. The zero-order chi connectivity index (χ0) is 14.7. The number of carbonyl (C=O) groups excluding carboxylic acids is 1. The van der Waals surface area contributed by atoms with E-state index in [1.165, 1.54) is 25.3 Å². The third-order valence-electron chi connectivity index (χ3n) is 2.46. The number of ether oxygens (including phenoxy) is 1. The van der Waals surface area contributed by atoms with E-state index in [-0.39, 0.29) is 10.4 Å². The van der Waals surface area contributed by atoms with E-state index in [0.29, 0.717) is 15.8 Å². The van der Waals surface area contributed by atoms with Crippen molar-refractivity contribution in [1.29, 1.82) is 0 Å². The Morgan fingerprint density at radius 1 is 1.30 bits per heavy atom. The highest BCUT2D eigenvalue weighted by Gasteiger charge is 2.15. The minimum atomic E-state index is -1.03. The van der Waals surface area contributed by atoms with Crippen molar-refractivity contribution in [1.82, 2.24) is 0 Å². The molecule has 0 spiro atoms. The molecular weight excluding hydrogens is 302 g/mol. The van der Waals surface area contributed by atoms with Crippen molar-refractivity contribution in [3.8, 4) is 5.75 Å². The number of hydrogen-bond acceptors (Lipinski definition) is 4. The minimum Gasteiger partial charge on any atom is -0.496 e. The van der Waals surface area contributed by atoms with E-state index < -0.39 is 11.9 Å². The Labute approximate surface area is 123 Å². The first-order valence-corrected chi connectivity index (χ1v) is 6.68. The second kappa shape index (κ2) is 5.94. The fourth-order valence-corrected chi connectivity index (χ4v) is 2.47. The van der Waals surface area contributed by atoms with Crippen molar-refractivity contribution in [3.05, 3.63) is 45.8 Å². The number of carboxylic acids is 1. The van der Waals surface area contributed by atoms with E-state index in [1.807, 2.05) is 0 Å².